The number of hydrogen-bond acceptors (Lipinski definition) is 4. The summed E-state index contributed by atoms with van der Waals surface area (Å²) in [7, 11) is 0. The molecular formula is C13H14ClN3S. The molecule has 0 spiro atoms. The number of rotatable bonds is 5. The number of nitrogen functional groups attached to an aromatic ring is 1. The van der Waals surface area contributed by atoms with Crippen LogP contribution in [-0.2, 0) is 11.5 Å². The van der Waals surface area contributed by atoms with E-state index in [1.807, 2.05) is 48.3 Å². The summed E-state index contributed by atoms with van der Waals surface area (Å²) in [6.07, 6.45) is 1.83. The Bertz CT molecular complexity index is 502. The van der Waals surface area contributed by atoms with Crippen molar-refractivity contribution in [3.05, 3.63) is 58.7 Å². The summed E-state index contributed by atoms with van der Waals surface area (Å²) in [5, 5.41) is 0.825. The minimum Gasteiger partial charge on any atom is -0.308 e. The van der Waals surface area contributed by atoms with Gasteiger partial charge in [0.05, 0.1) is 0 Å². The van der Waals surface area contributed by atoms with Gasteiger partial charge in [-0.05, 0) is 23.3 Å². The lowest BCUT2D eigenvalue weighted by molar-refractivity contribution is 1.19. The van der Waals surface area contributed by atoms with E-state index in [0.717, 1.165) is 22.1 Å². The lowest BCUT2D eigenvalue weighted by Crippen LogP contribution is -2.08. The summed E-state index contributed by atoms with van der Waals surface area (Å²) >= 11 is 7.91. The first kappa shape index (κ1) is 13.2. The van der Waals surface area contributed by atoms with Crippen LogP contribution in [0.25, 0.3) is 0 Å². The molecule has 5 heteroatoms. The molecule has 0 fully saturated rings. The Hall–Kier alpha value is -1.23. The predicted molar refractivity (Wildman–Crippen MR) is 78.5 cm³/mol. The lowest BCUT2D eigenvalue weighted by Gasteiger charge is -2.05. The normalized spacial score (nSPS) is 10.3. The van der Waals surface area contributed by atoms with Gasteiger partial charge in [0, 0.05) is 22.7 Å². The molecule has 0 bridgehead atoms. The highest BCUT2D eigenvalue weighted by molar-refractivity contribution is 7.97. The second-order valence-corrected chi connectivity index (χ2v) is 5.17. The first-order valence-corrected chi connectivity index (χ1v) is 7.05. The fourth-order valence-electron chi connectivity index (χ4n) is 1.49. The predicted octanol–water partition coefficient (Wildman–Crippen LogP) is 3.45. The molecule has 3 N–H and O–H groups in total. The minimum absolute atomic E-state index is 0.676. The molecule has 2 rings (SSSR count). The summed E-state index contributed by atoms with van der Waals surface area (Å²) in [5.41, 5.74) is 4.84. The molecule has 0 unspecified atom stereocenters. The van der Waals surface area contributed by atoms with Crippen LogP contribution in [-0.4, -0.2) is 4.98 Å². The molecule has 0 saturated heterocycles. The highest BCUT2D eigenvalue weighted by Crippen LogP contribution is 2.23. The average molecular weight is 280 g/mol. The van der Waals surface area contributed by atoms with Gasteiger partial charge in [0.2, 0.25) is 0 Å². The van der Waals surface area contributed by atoms with E-state index in [1.165, 1.54) is 5.56 Å². The number of aromatic nitrogens is 1. The number of pyridine rings is 1. The largest absolute Gasteiger partial charge is 0.308 e. The molecule has 94 valence electrons. The van der Waals surface area contributed by atoms with Gasteiger partial charge < -0.3 is 5.43 Å². The van der Waals surface area contributed by atoms with E-state index in [1.54, 1.807) is 0 Å². The summed E-state index contributed by atoms with van der Waals surface area (Å²) in [6.45, 7) is 0. The number of hydrazine groups is 1. The van der Waals surface area contributed by atoms with Crippen molar-refractivity contribution in [2.75, 3.05) is 5.43 Å². The molecule has 0 aliphatic carbocycles. The Morgan fingerprint density at radius 2 is 2.00 bits per heavy atom. The van der Waals surface area contributed by atoms with Crippen molar-refractivity contribution in [2.24, 2.45) is 5.84 Å². The summed E-state index contributed by atoms with van der Waals surface area (Å²) in [4.78, 5) is 4.16. The quantitative estimate of drug-likeness (QED) is 0.650. The number of anilines is 1. The molecule has 3 nitrogen and oxygen atoms in total. The maximum atomic E-state index is 6.10. The number of nitrogens with two attached hydrogens (primary N) is 1. The Morgan fingerprint density at radius 1 is 1.17 bits per heavy atom. The van der Waals surface area contributed by atoms with Gasteiger partial charge in [-0.3, -0.25) is 0 Å². The Labute approximate surface area is 116 Å². The number of hydrogen-bond donors (Lipinski definition) is 2. The molecular weight excluding hydrogens is 266 g/mol. The third-order valence-electron chi connectivity index (χ3n) is 2.46. The first-order chi connectivity index (χ1) is 8.79. The highest BCUT2D eigenvalue weighted by atomic mass is 35.5. The Morgan fingerprint density at radius 3 is 2.67 bits per heavy atom. The van der Waals surface area contributed by atoms with E-state index in [9.17, 15) is 0 Å². The Balaban J connectivity index is 1.86. The van der Waals surface area contributed by atoms with Crippen molar-refractivity contribution in [2.45, 2.75) is 11.5 Å². The van der Waals surface area contributed by atoms with Crippen molar-refractivity contribution in [3.63, 3.8) is 0 Å². The van der Waals surface area contributed by atoms with Crippen LogP contribution in [0.15, 0.2) is 42.6 Å². The van der Waals surface area contributed by atoms with Crippen LogP contribution in [0.2, 0.25) is 5.02 Å². The van der Waals surface area contributed by atoms with Gasteiger partial charge in [0.15, 0.2) is 0 Å². The molecule has 0 saturated carbocycles. The van der Waals surface area contributed by atoms with Crippen LogP contribution in [0.3, 0.4) is 0 Å². The van der Waals surface area contributed by atoms with Crippen LogP contribution < -0.4 is 11.3 Å². The van der Waals surface area contributed by atoms with Crippen LogP contribution >= 0.6 is 23.4 Å². The molecule has 1 aromatic carbocycles. The van der Waals surface area contributed by atoms with Gasteiger partial charge in [-0.25, -0.2) is 10.8 Å². The average Bonchev–Trinajstić information content (AvgIpc) is 2.42. The van der Waals surface area contributed by atoms with Crippen LogP contribution in [0.1, 0.15) is 11.1 Å². The summed E-state index contributed by atoms with van der Waals surface area (Å²) in [5.74, 6) is 7.74. The van der Waals surface area contributed by atoms with Crippen molar-refractivity contribution < 1.29 is 0 Å². The van der Waals surface area contributed by atoms with E-state index < -0.39 is 0 Å². The van der Waals surface area contributed by atoms with Crippen molar-refractivity contribution in [1.82, 2.24) is 4.98 Å². The molecule has 1 heterocycles. The molecule has 2 aromatic rings. The molecule has 0 aliphatic rings. The third kappa shape index (κ3) is 3.63. The van der Waals surface area contributed by atoms with Crippen LogP contribution in [0.5, 0.6) is 0 Å². The van der Waals surface area contributed by atoms with E-state index in [-0.39, 0.29) is 0 Å². The van der Waals surface area contributed by atoms with Gasteiger partial charge >= 0.3 is 0 Å². The van der Waals surface area contributed by atoms with E-state index >= 15 is 0 Å². The SMILES string of the molecule is NNc1ccc(CSCc2ccccc2Cl)cn1. The third-order valence-corrected chi connectivity index (χ3v) is 3.88. The van der Waals surface area contributed by atoms with Crippen molar-refractivity contribution in [3.8, 4) is 0 Å². The standard InChI is InChI=1S/C13H14ClN3S/c14-12-4-2-1-3-11(12)9-18-8-10-5-6-13(17-15)16-7-10/h1-7H,8-9,15H2,(H,16,17). The molecule has 0 amide bonds. The number of nitrogens with one attached hydrogen (secondary N) is 1. The molecule has 0 radical (unpaired) electrons. The number of benzene rings is 1. The fourth-order valence-corrected chi connectivity index (χ4v) is 2.75. The molecule has 1 aromatic heterocycles. The Kier molecular flexibility index (Phi) is 4.87. The zero-order valence-electron chi connectivity index (χ0n) is 9.77. The highest BCUT2D eigenvalue weighted by Gasteiger charge is 2.00. The first-order valence-electron chi connectivity index (χ1n) is 5.52. The number of thioether (sulfide) groups is 1. The van der Waals surface area contributed by atoms with E-state index in [2.05, 4.69) is 16.5 Å². The van der Waals surface area contributed by atoms with Gasteiger partial charge in [-0.15, -0.1) is 0 Å². The van der Waals surface area contributed by atoms with Gasteiger partial charge in [-0.1, -0.05) is 35.9 Å². The summed E-state index contributed by atoms with van der Waals surface area (Å²) in [6, 6.07) is 11.8. The molecule has 0 atom stereocenters. The number of nitrogens with zero attached hydrogens (tertiary/aromatic N) is 1. The van der Waals surface area contributed by atoms with E-state index in [0.29, 0.717) is 5.82 Å². The second kappa shape index (κ2) is 6.64. The topological polar surface area (TPSA) is 50.9 Å². The maximum Gasteiger partial charge on any atom is 0.139 e. The monoisotopic (exact) mass is 279 g/mol. The number of halogens is 1. The lowest BCUT2D eigenvalue weighted by atomic mass is 10.2. The zero-order valence-corrected chi connectivity index (χ0v) is 11.3. The smallest absolute Gasteiger partial charge is 0.139 e. The van der Waals surface area contributed by atoms with Crippen LogP contribution in [0, 0.1) is 0 Å². The van der Waals surface area contributed by atoms with E-state index in [4.69, 9.17) is 17.4 Å². The van der Waals surface area contributed by atoms with Gasteiger partial charge in [0.1, 0.15) is 5.82 Å². The van der Waals surface area contributed by atoms with Gasteiger partial charge in [0.25, 0.3) is 0 Å². The fraction of sp³-hybridized carbons (Fsp3) is 0.154. The minimum atomic E-state index is 0.676. The zero-order chi connectivity index (χ0) is 12.8. The maximum absolute atomic E-state index is 6.10. The van der Waals surface area contributed by atoms with Crippen molar-refractivity contribution >= 4 is 29.2 Å². The van der Waals surface area contributed by atoms with Gasteiger partial charge in [-0.2, -0.15) is 11.8 Å². The second-order valence-electron chi connectivity index (χ2n) is 3.78. The molecule has 18 heavy (non-hydrogen) atoms. The van der Waals surface area contributed by atoms with Crippen LogP contribution in [0.4, 0.5) is 5.82 Å². The molecule has 0 aliphatic heterocycles. The summed E-state index contributed by atoms with van der Waals surface area (Å²) < 4.78 is 0. The van der Waals surface area contributed by atoms with Crippen molar-refractivity contribution in [1.29, 1.82) is 0 Å².